The summed E-state index contributed by atoms with van der Waals surface area (Å²) in [5.41, 5.74) is 3.19. The summed E-state index contributed by atoms with van der Waals surface area (Å²) in [6.07, 6.45) is 9.72. The van der Waals surface area contributed by atoms with Crippen molar-refractivity contribution in [3.63, 3.8) is 0 Å². The summed E-state index contributed by atoms with van der Waals surface area (Å²) in [5.74, 6) is 3.71. The van der Waals surface area contributed by atoms with Crippen LogP contribution in [0.1, 0.15) is 117 Å². The number of benzene rings is 1. The number of ether oxygens (including phenoxy) is 2. The second-order valence-electron chi connectivity index (χ2n) is 12.7. The van der Waals surface area contributed by atoms with Gasteiger partial charge in [-0.05, 0) is 93.8 Å². The molecule has 0 amide bonds. The van der Waals surface area contributed by atoms with E-state index in [2.05, 4.69) is 58.6 Å². The Morgan fingerprint density at radius 3 is 2.54 bits per heavy atom. The number of carbonyl (C=O) groups excluding carboxylic acids is 1. The highest BCUT2D eigenvalue weighted by molar-refractivity contribution is 8.03. The van der Waals surface area contributed by atoms with Gasteiger partial charge in [-0.15, -0.1) is 24.2 Å². The molecule has 0 radical (unpaired) electrons. The largest absolute Gasteiger partial charge is 0.482 e. The topological polar surface area (TPSA) is 38.8 Å². The van der Waals surface area contributed by atoms with Gasteiger partial charge >= 0.3 is 5.97 Å². The Morgan fingerprint density at radius 1 is 1.13 bits per heavy atom. The molecular formula is C33H52ClNO3S. The predicted molar refractivity (Wildman–Crippen MR) is 168 cm³/mol. The highest BCUT2D eigenvalue weighted by Gasteiger charge is 2.43. The molecule has 6 heteroatoms. The van der Waals surface area contributed by atoms with Crippen LogP contribution in [0.3, 0.4) is 0 Å². The number of nitrogens with zero attached hydrogens (tertiary/aromatic N) is 1. The maximum atomic E-state index is 13.5. The maximum Gasteiger partial charge on any atom is 0.314 e. The number of rotatable bonds is 11. The SMILES string of the molecule is CCCCCC(C)C(C)c1cc(OC(=O)C(C)CCN2CCCCC2)c2c(c1)OC(C)(C)C1=C2C(C)CS1.Cl. The molecule has 0 aromatic heterocycles. The Kier molecular flexibility index (Phi) is 11.7. The van der Waals surface area contributed by atoms with Gasteiger partial charge in [-0.25, -0.2) is 0 Å². The third kappa shape index (κ3) is 7.57. The molecule has 4 nitrogen and oxygen atoms in total. The van der Waals surface area contributed by atoms with Crippen molar-refractivity contribution in [2.75, 3.05) is 25.4 Å². The minimum Gasteiger partial charge on any atom is -0.482 e. The van der Waals surface area contributed by atoms with E-state index in [1.807, 2.05) is 18.7 Å². The van der Waals surface area contributed by atoms with Crippen LogP contribution in [-0.4, -0.2) is 41.9 Å². The molecule has 4 atom stereocenters. The molecule has 0 saturated carbocycles. The standard InChI is InChI=1S/C33H51NO3S.ClH/c1-8-9-11-14-22(2)25(5)26-19-27(36-32(35)23(3)15-18-34-16-12-10-13-17-34)30-28(20-26)37-33(6,7)31-29(30)24(4)21-38-31;/h19-20,22-25H,8-18,21H2,1-7H3;1H. The molecule has 0 N–H and O–H groups in total. The van der Waals surface area contributed by atoms with Crippen LogP contribution in [0, 0.1) is 17.8 Å². The summed E-state index contributed by atoms with van der Waals surface area (Å²) in [6.45, 7) is 18.9. The molecule has 1 aromatic carbocycles. The van der Waals surface area contributed by atoms with Gasteiger partial charge in [0.2, 0.25) is 0 Å². The summed E-state index contributed by atoms with van der Waals surface area (Å²) in [7, 11) is 0. The second-order valence-corrected chi connectivity index (χ2v) is 13.8. The highest BCUT2D eigenvalue weighted by Crippen LogP contribution is 2.56. The monoisotopic (exact) mass is 577 g/mol. The first kappa shape index (κ1) is 32.3. The number of fused-ring (bicyclic) bond motifs is 2. The number of allylic oxidation sites excluding steroid dienone is 1. The average molecular weight is 578 g/mol. The van der Waals surface area contributed by atoms with Crippen molar-refractivity contribution >= 4 is 35.7 Å². The zero-order valence-electron chi connectivity index (χ0n) is 25.4. The first-order valence-electron chi connectivity index (χ1n) is 15.3. The zero-order chi connectivity index (χ0) is 27.4. The van der Waals surface area contributed by atoms with Crippen LogP contribution >= 0.6 is 24.2 Å². The van der Waals surface area contributed by atoms with Crippen molar-refractivity contribution in [3.05, 3.63) is 28.2 Å². The summed E-state index contributed by atoms with van der Waals surface area (Å²) >= 11 is 1.90. The molecular weight excluding hydrogens is 526 g/mol. The first-order chi connectivity index (χ1) is 18.1. The van der Waals surface area contributed by atoms with Crippen LogP contribution in [0.2, 0.25) is 0 Å². The van der Waals surface area contributed by atoms with Gasteiger partial charge in [-0.1, -0.05) is 66.7 Å². The number of halogens is 1. The van der Waals surface area contributed by atoms with Gasteiger partial charge in [-0.2, -0.15) is 0 Å². The highest BCUT2D eigenvalue weighted by atomic mass is 35.5. The third-order valence-electron chi connectivity index (χ3n) is 9.07. The van der Waals surface area contributed by atoms with Crippen LogP contribution in [0.25, 0.3) is 5.57 Å². The van der Waals surface area contributed by atoms with Crippen molar-refractivity contribution in [3.8, 4) is 11.5 Å². The minimum absolute atomic E-state index is 0. The van der Waals surface area contributed by atoms with Crippen molar-refractivity contribution < 1.29 is 14.3 Å². The molecule has 4 unspecified atom stereocenters. The van der Waals surface area contributed by atoms with Crippen LogP contribution in [-0.2, 0) is 4.79 Å². The van der Waals surface area contributed by atoms with Gasteiger partial charge < -0.3 is 14.4 Å². The molecule has 4 rings (SSSR count). The van der Waals surface area contributed by atoms with E-state index < -0.39 is 0 Å². The molecule has 0 spiro atoms. The van der Waals surface area contributed by atoms with E-state index in [4.69, 9.17) is 9.47 Å². The molecule has 3 aliphatic heterocycles. The van der Waals surface area contributed by atoms with Gasteiger partial charge in [0.15, 0.2) is 0 Å². The normalized spacial score (nSPS) is 22.7. The lowest BCUT2D eigenvalue weighted by atomic mass is 9.82. The number of esters is 1. The molecule has 220 valence electrons. The van der Waals surface area contributed by atoms with Gasteiger partial charge in [0.25, 0.3) is 0 Å². The number of piperidine rings is 1. The van der Waals surface area contributed by atoms with E-state index in [9.17, 15) is 4.79 Å². The van der Waals surface area contributed by atoms with E-state index in [0.717, 1.165) is 43.1 Å². The van der Waals surface area contributed by atoms with E-state index in [-0.39, 0.29) is 29.9 Å². The van der Waals surface area contributed by atoms with E-state index >= 15 is 0 Å². The van der Waals surface area contributed by atoms with Gasteiger partial charge in [0, 0.05) is 10.7 Å². The smallest absolute Gasteiger partial charge is 0.314 e. The van der Waals surface area contributed by atoms with Crippen molar-refractivity contribution in [2.24, 2.45) is 17.8 Å². The Bertz CT molecular complexity index is 1020. The number of carbonyl (C=O) groups is 1. The Morgan fingerprint density at radius 2 is 1.85 bits per heavy atom. The van der Waals surface area contributed by atoms with Gasteiger partial charge in [0.05, 0.1) is 11.5 Å². The van der Waals surface area contributed by atoms with Crippen molar-refractivity contribution in [2.45, 2.75) is 111 Å². The van der Waals surface area contributed by atoms with Crippen molar-refractivity contribution in [1.82, 2.24) is 4.90 Å². The molecule has 0 aliphatic carbocycles. The third-order valence-corrected chi connectivity index (χ3v) is 10.7. The number of likely N-dealkylation sites (tertiary alicyclic amines) is 1. The number of hydrogen-bond donors (Lipinski definition) is 0. The summed E-state index contributed by atoms with van der Waals surface area (Å²) in [5, 5.41) is 0. The molecule has 3 aliphatic rings. The molecule has 1 aromatic rings. The lowest BCUT2D eigenvalue weighted by Crippen LogP contribution is -2.34. The van der Waals surface area contributed by atoms with Gasteiger partial charge in [0.1, 0.15) is 17.1 Å². The van der Waals surface area contributed by atoms with Crippen LogP contribution in [0.5, 0.6) is 11.5 Å². The fraction of sp³-hybridized carbons (Fsp3) is 0.727. The molecule has 39 heavy (non-hydrogen) atoms. The average Bonchev–Trinajstić information content (AvgIpc) is 3.29. The number of thioether (sulfide) groups is 1. The Balaban J connectivity index is 0.00000420. The van der Waals surface area contributed by atoms with Crippen LogP contribution in [0.4, 0.5) is 0 Å². The van der Waals surface area contributed by atoms with E-state index in [0.29, 0.717) is 23.5 Å². The molecule has 1 fully saturated rings. The lowest BCUT2D eigenvalue weighted by molar-refractivity contribution is -0.138. The molecule has 3 heterocycles. The quantitative estimate of drug-likeness (QED) is 0.149. The van der Waals surface area contributed by atoms with E-state index in [1.165, 1.54) is 61.0 Å². The summed E-state index contributed by atoms with van der Waals surface area (Å²) in [6, 6.07) is 4.41. The van der Waals surface area contributed by atoms with E-state index in [1.54, 1.807) is 0 Å². The fourth-order valence-electron chi connectivity index (χ4n) is 6.25. The Hall–Kier alpha value is -1.17. The number of unbranched alkanes of at least 4 members (excludes halogenated alkanes) is 2. The molecule has 0 bridgehead atoms. The Labute approximate surface area is 248 Å². The fourth-order valence-corrected chi connectivity index (χ4v) is 7.68. The number of hydrogen-bond acceptors (Lipinski definition) is 5. The predicted octanol–water partition coefficient (Wildman–Crippen LogP) is 9.11. The van der Waals surface area contributed by atoms with Gasteiger partial charge in [-0.3, -0.25) is 4.79 Å². The van der Waals surface area contributed by atoms with Crippen LogP contribution in [0.15, 0.2) is 17.0 Å². The lowest BCUT2D eigenvalue weighted by Gasteiger charge is -2.36. The summed E-state index contributed by atoms with van der Waals surface area (Å²) < 4.78 is 13.0. The summed E-state index contributed by atoms with van der Waals surface area (Å²) in [4.78, 5) is 17.3. The van der Waals surface area contributed by atoms with Crippen LogP contribution < -0.4 is 9.47 Å². The zero-order valence-corrected chi connectivity index (χ0v) is 27.1. The maximum absolute atomic E-state index is 13.5. The second kappa shape index (κ2) is 14.1. The molecule has 1 saturated heterocycles. The minimum atomic E-state index is -0.366. The van der Waals surface area contributed by atoms with Crippen molar-refractivity contribution in [1.29, 1.82) is 0 Å². The first-order valence-corrected chi connectivity index (χ1v) is 16.3.